The van der Waals surface area contributed by atoms with Crippen LogP contribution in [0.1, 0.15) is 45.9 Å². The average Bonchev–Trinajstić information content (AvgIpc) is 3.22. The zero-order valence-corrected chi connectivity index (χ0v) is 20.3. The Kier molecular flexibility index (Phi) is 8.78. The molecular weight excluding hydrogens is 435 g/mol. The molecule has 33 heavy (non-hydrogen) atoms. The average molecular weight is 467 g/mol. The van der Waals surface area contributed by atoms with Gasteiger partial charge in [0.15, 0.2) is 0 Å². The standard InChI is InChI=1S/C27H31FN2O2S/c1-4-20(2)16-30(27(32)23-11-8-12-24(28)15-23)19-26(31)29(17-22-9-6-5-7-10-22)18-25-14-13-21(3)33-25/h5-15,20H,4,16-19H2,1-3H3. The lowest BCUT2D eigenvalue weighted by Gasteiger charge is -2.29. The topological polar surface area (TPSA) is 40.6 Å². The highest BCUT2D eigenvalue weighted by Gasteiger charge is 2.24. The first-order chi connectivity index (χ1) is 15.9. The molecule has 2 amide bonds. The van der Waals surface area contributed by atoms with E-state index in [1.54, 1.807) is 27.2 Å². The maximum absolute atomic E-state index is 13.8. The maximum atomic E-state index is 13.8. The van der Waals surface area contributed by atoms with E-state index in [-0.39, 0.29) is 29.8 Å². The summed E-state index contributed by atoms with van der Waals surface area (Å²) < 4.78 is 13.8. The summed E-state index contributed by atoms with van der Waals surface area (Å²) in [5.74, 6) is -0.694. The van der Waals surface area contributed by atoms with Gasteiger partial charge in [0.2, 0.25) is 5.91 Å². The molecule has 0 saturated carbocycles. The minimum atomic E-state index is -0.463. The van der Waals surface area contributed by atoms with E-state index in [2.05, 4.69) is 6.92 Å². The number of thiophene rings is 1. The Labute approximate surface area is 199 Å². The van der Waals surface area contributed by atoms with E-state index in [0.717, 1.165) is 16.9 Å². The smallest absolute Gasteiger partial charge is 0.254 e. The lowest BCUT2D eigenvalue weighted by Crippen LogP contribution is -2.44. The molecule has 0 aliphatic heterocycles. The van der Waals surface area contributed by atoms with Crippen LogP contribution in [0.5, 0.6) is 0 Å². The minimum absolute atomic E-state index is 0.0448. The lowest BCUT2D eigenvalue weighted by atomic mass is 10.1. The van der Waals surface area contributed by atoms with Gasteiger partial charge in [-0.1, -0.05) is 56.7 Å². The minimum Gasteiger partial charge on any atom is -0.332 e. The summed E-state index contributed by atoms with van der Waals surface area (Å²) in [6.45, 7) is 7.49. The Morgan fingerprint density at radius 1 is 0.970 bits per heavy atom. The third kappa shape index (κ3) is 7.26. The van der Waals surface area contributed by atoms with Crippen molar-refractivity contribution in [3.8, 4) is 0 Å². The van der Waals surface area contributed by atoms with Crippen LogP contribution in [0.3, 0.4) is 0 Å². The number of carbonyl (C=O) groups excluding carboxylic acids is 2. The number of carbonyl (C=O) groups is 2. The lowest BCUT2D eigenvalue weighted by molar-refractivity contribution is -0.133. The molecule has 1 heterocycles. The van der Waals surface area contributed by atoms with Crippen LogP contribution >= 0.6 is 11.3 Å². The molecule has 4 nitrogen and oxygen atoms in total. The molecule has 0 bridgehead atoms. The van der Waals surface area contributed by atoms with Gasteiger partial charge in [-0.05, 0) is 48.7 Å². The van der Waals surface area contributed by atoms with Crippen molar-refractivity contribution >= 4 is 23.2 Å². The SMILES string of the molecule is CCC(C)CN(CC(=O)N(Cc1ccccc1)Cc1ccc(C)s1)C(=O)c1cccc(F)c1. The van der Waals surface area contributed by atoms with E-state index in [4.69, 9.17) is 0 Å². The molecule has 0 spiro atoms. The number of hydrogen-bond donors (Lipinski definition) is 0. The van der Waals surface area contributed by atoms with Crippen molar-refractivity contribution in [1.29, 1.82) is 0 Å². The van der Waals surface area contributed by atoms with Crippen LogP contribution in [0.4, 0.5) is 4.39 Å². The first-order valence-corrected chi connectivity index (χ1v) is 12.1. The molecule has 2 aromatic carbocycles. The summed E-state index contributed by atoms with van der Waals surface area (Å²) in [4.78, 5) is 32.4. The molecule has 3 aromatic rings. The second kappa shape index (κ2) is 11.8. The number of amides is 2. The predicted molar refractivity (Wildman–Crippen MR) is 132 cm³/mol. The Morgan fingerprint density at radius 3 is 2.36 bits per heavy atom. The van der Waals surface area contributed by atoms with Crippen molar-refractivity contribution in [3.05, 3.63) is 93.4 Å². The highest BCUT2D eigenvalue weighted by molar-refractivity contribution is 7.11. The van der Waals surface area contributed by atoms with Crippen molar-refractivity contribution in [1.82, 2.24) is 9.80 Å². The number of nitrogens with zero attached hydrogens (tertiary/aromatic N) is 2. The highest BCUT2D eigenvalue weighted by Crippen LogP contribution is 2.20. The number of halogens is 1. The monoisotopic (exact) mass is 466 g/mol. The zero-order valence-electron chi connectivity index (χ0n) is 19.5. The van der Waals surface area contributed by atoms with Gasteiger partial charge in [-0.25, -0.2) is 4.39 Å². The summed E-state index contributed by atoms with van der Waals surface area (Å²) >= 11 is 1.67. The van der Waals surface area contributed by atoms with Gasteiger partial charge in [-0.15, -0.1) is 11.3 Å². The fourth-order valence-corrected chi connectivity index (χ4v) is 4.49. The molecule has 0 saturated heterocycles. The number of aryl methyl sites for hydroxylation is 1. The Hall–Kier alpha value is -2.99. The summed E-state index contributed by atoms with van der Waals surface area (Å²) in [5, 5.41) is 0. The van der Waals surface area contributed by atoms with Gasteiger partial charge >= 0.3 is 0 Å². The van der Waals surface area contributed by atoms with Gasteiger partial charge in [0, 0.05) is 28.4 Å². The van der Waals surface area contributed by atoms with Crippen molar-refractivity contribution < 1.29 is 14.0 Å². The van der Waals surface area contributed by atoms with Crippen LogP contribution in [0.2, 0.25) is 0 Å². The Balaban J connectivity index is 1.83. The maximum Gasteiger partial charge on any atom is 0.254 e. The van der Waals surface area contributed by atoms with Gasteiger partial charge in [0.05, 0.1) is 6.54 Å². The van der Waals surface area contributed by atoms with Crippen LogP contribution in [0.15, 0.2) is 66.7 Å². The van der Waals surface area contributed by atoms with Crippen molar-refractivity contribution in [2.75, 3.05) is 13.1 Å². The number of benzene rings is 2. The first kappa shape index (κ1) is 24.6. The fourth-order valence-electron chi connectivity index (χ4n) is 3.59. The second-order valence-corrected chi connectivity index (χ2v) is 9.83. The second-order valence-electron chi connectivity index (χ2n) is 8.46. The van der Waals surface area contributed by atoms with Gasteiger partial charge in [0.1, 0.15) is 12.4 Å². The van der Waals surface area contributed by atoms with Crippen LogP contribution in [0, 0.1) is 18.7 Å². The van der Waals surface area contributed by atoms with Crippen LogP contribution in [0.25, 0.3) is 0 Å². The molecule has 0 aliphatic rings. The molecule has 0 aliphatic carbocycles. The summed E-state index contributed by atoms with van der Waals surface area (Å²) in [6, 6.07) is 19.6. The first-order valence-electron chi connectivity index (χ1n) is 11.3. The van der Waals surface area contributed by atoms with Crippen LogP contribution < -0.4 is 0 Å². The predicted octanol–water partition coefficient (Wildman–Crippen LogP) is 5.91. The molecular formula is C27H31FN2O2S. The molecule has 0 N–H and O–H groups in total. The van der Waals surface area contributed by atoms with Gasteiger partial charge in [-0.2, -0.15) is 0 Å². The van der Waals surface area contributed by atoms with E-state index in [9.17, 15) is 14.0 Å². The van der Waals surface area contributed by atoms with Crippen molar-refractivity contribution in [2.24, 2.45) is 5.92 Å². The van der Waals surface area contributed by atoms with Crippen molar-refractivity contribution in [2.45, 2.75) is 40.3 Å². The van der Waals surface area contributed by atoms with Crippen LogP contribution in [-0.2, 0) is 17.9 Å². The largest absolute Gasteiger partial charge is 0.332 e. The molecule has 1 atom stereocenters. The van der Waals surface area contributed by atoms with Crippen LogP contribution in [-0.4, -0.2) is 34.7 Å². The molecule has 1 unspecified atom stereocenters. The summed E-state index contributed by atoms with van der Waals surface area (Å²) in [6.07, 6.45) is 0.878. The van der Waals surface area contributed by atoms with Crippen molar-refractivity contribution in [3.63, 3.8) is 0 Å². The molecule has 0 fully saturated rings. The Morgan fingerprint density at radius 2 is 1.73 bits per heavy atom. The number of hydrogen-bond acceptors (Lipinski definition) is 3. The van der Waals surface area contributed by atoms with E-state index in [0.29, 0.717) is 19.6 Å². The molecule has 0 radical (unpaired) electrons. The van der Waals surface area contributed by atoms with E-state index in [1.165, 1.54) is 23.1 Å². The fraction of sp³-hybridized carbons (Fsp3) is 0.333. The third-order valence-electron chi connectivity index (χ3n) is 5.63. The highest BCUT2D eigenvalue weighted by atomic mass is 32.1. The van der Waals surface area contributed by atoms with Gasteiger partial charge < -0.3 is 9.80 Å². The van der Waals surface area contributed by atoms with E-state index in [1.807, 2.05) is 56.3 Å². The molecule has 174 valence electrons. The van der Waals surface area contributed by atoms with E-state index < -0.39 is 5.82 Å². The normalized spacial score (nSPS) is 11.8. The summed E-state index contributed by atoms with van der Waals surface area (Å²) in [5.41, 5.74) is 1.29. The molecule has 1 aromatic heterocycles. The van der Waals surface area contributed by atoms with E-state index >= 15 is 0 Å². The molecule has 3 rings (SSSR count). The Bertz CT molecular complexity index is 1070. The number of rotatable bonds is 10. The molecule has 6 heteroatoms. The van der Waals surface area contributed by atoms with Gasteiger partial charge in [0.25, 0.3) is 5.91 Å². The third-order valence-corrected chi connectivity index (χ3v) is 6.61. The van der Waals surface area contributed by atoms with Gasteiger partial charge in [-0.3, -0.25) is 9.59 Å². The summed E-state index contributed by atoms with van der Waals surface area (Å²) in [7, 11) is 0. The zero-order chi connectivity index (χ0) is 23.8. The quantitative estimate of drug-likeness (QED) is 0.373.